The van der Waals surface area contributed by atoms with Crippen molar-refractivity contribution >= 4 is 10.9 Å². The molecule has 0 spiro atoms. The quantitative estimate of drug-likeness (QED) is 0.387. The molecule has 2 aromatic carbocycles. The van der Waals surface area contributed by atoms with E-state index in [1.54, 1.807) is 21.3 Å². The van der Waals surface area contributed by atoms with E-state index in [1.165, 1.54) is 41.4 Å². The first kappa shape index (κ1) is 23.8. The maximum absolute atomic E-state index is 5.73. The van der Waals surface area contributed by atoms with E-state index in [0.717, 1.165) is 43.7 Å². The Morgan fingerprint density at radius 2 is 1.73 bits per heavy atom. The van der Waals surface area contributed by atoms with Crippen molar-refractivity contribution in [1.82, 2.24) is 30.1 Å². The van der Waals surface area contributed by atoms with Crippen molar-refractivity contribution in [3.63, 3.8) is 0 Å². The molecule has 0 saturated heterocycles. The SMILES string of the molecule is COc1cc(C(c2nnnn2C2CCCCC2)N2CCc3c([nH]c4ccccc34)C2)cc(OC)c1OC. The summed E-state index contributed by atoms with van der Waals surface area (Å²) in [6, 6.07) is 12.8. The van der Waals surface area contributed by atoms with Crippen LogP contribution in [0.3, 0.4) is 0 Å². The number of fused-ring (bicyclic) bond motifs is 3. The van der Waals surface area contributed by atoms with E-state index < -0.39 is 0 Å². The average Bonchev–Trinajstić information content (AvgIpc) is 3.57. The number of benzene rings is 2. The summed E-state index contributed by atoms with van der Waals surface area (Å²) >= 11 is 0. The molecule has 194 valence electrons. The van der Waals surface area contributed by atoms with Gasteiger partial charge in [0.1, 0.15) is 0 Å². The molecule has 0 bridgehead atoms. The van der Waals surface area contributed by atoms with Gasteiger partial charge in [-0.25, -0.2) is 4.68 Å². The highest BCUT2D eigenvalue weighted by Crippen LogP contribution is 2.43. The number of tetrazole rings is 1. The summed E-state index contributed by atoms with van der Waals surface area (Å²) < 4.78 is 19.1. The molecule has 37 heavy (non-hydrogen) atoms. The zero-order valence-electron chi connectivity index (χ0n) is 21.7. The second-order valence-corrected chi connectivity index (χ2v) is 9.98. The number of nitrogens with one attached hydrogen (secondary N) is 1. The molecule has 0 amide bonds. The van der Waals surface area contributed by atoms with Crippen molar-refractivity contribution in [3.8, 4) is 17.2 Å². The number of nitrogens with zero attached hydrogens (tertiary/aromatic N) is 5. The minimum atomic E-state index is -0.176. The van der Waals surface area contributed by atoms with Gasteiger partial charge in [0.25, 0.3) is 0 Å². The zero-order chi connectivity index (χ0) is 25.4. The van der Waals surface area contributed by atoms with Crippen LogP contribution < -0.4 is 14.2 Å². The van der Waals surface area contributed by atoms with E-state index in [4.69, 9.17) is 14.2 Å². The zero-order valence-corrected chi connectivity index (χ0v) is 21.7. The third-order valence-corrected chi connectivity index (χ3v) is 7.96. The van der Waals surface area contributed by atoms with E-state index in [-0.39, 0.29) is 6.04 Å². The van der Waals surface area contributed by atoms with Crippen molar-refractivity contribution in [2.24, 2.45) is 0 Å². The van der Waals surface area contributed by atoms with Gasteiger partial charge in [0.05, 0.1) is 33.4 Å². The van der Waals surface area contributed by atoms with Crippen LogP contribution in [-0.2, 0) is 13.0 Å². The summed E-state index contributed by atoms with van der Waals surface area (Å²) in [6.07, 6.45) is 6.85. The maximum Gasteiger partial charge on any atom is 0.203 e. The van der Waals surface area contributed by atoms with E-state index in [0.29, 0.717) is 23.3 Å². The fraction of sp³-hybridized carbons (Fsp3) is 0.464. The van der Waals surface area contributed by atoms with Crippen LogP contribution in [0, 0.1) is 0 Å². The Morgan fingerprint density at radius 3 is 2.46 bits per heavy atom. The Balaban J connectivity index is 1.46. The molecule has 9 nitrogen and oxygen atoms in total. The Labute approximate surface area is 216 Å². The van der Waals surface area contributed by atoms with Gasteiger partial charge in [-0.3, -0.25) is 4.90 Å². The van der Waals surface area contributed by atoms with Crippen LogP contribution >= 0.6 is 0 Å². The van der Waals surface area contributed by atoms with E-state index in [2.05, 4.69) is 54.4 Å². The lowest BCUT2D eigenvalue weighted by Crippen LogP contribution is -2.36. The summed E-state index contributed by atoms with van der Waals surface area (Å²) in [5.41, 5.74) is 4.86. The molecule has 3 heterocycles. The topological polar surface area (TPSA) is 90.3 Å². The number of hydrogen-bond donors (Lipinski definition) is 1. The lowest BCUT2D eigenvalue weighted by molar-refractivity contribution is 0.185. The summed E-state index contributed by atoms with van der Waals surface area (Å²) in [7, 11) is 4.93. The lowest BCUT2D eigenvalue weighted by Gasteiger charge is -2.35. The first-order valence-electron chi connectivity index (χ1n) is 13.1. The van der Waals surface area contributed by atoms with Gasteiger partial charge in [-0.15, -0.1) is 5.10 Å². The largest absolute Gasteiger partial charge is 0.493 e. The minimum Gasteiger partial charge on any atom is -0.493 e. The van der Waals surface area contributed by atoms with Gasteiger partial charge in [0, 0.05) is 29.7 Å². The van der Waals surface area contributed by atoms with Gasteiger partial charge < -0.3 is 19.2 Å². The molecule has 1 N–H and O–H groups in total. The molecule has 1 atom stereocenters. The molecule has 1 aliphatic heterocycles. The molecule has 1 saturated carbocycles. The van der Waals surface area contributed by atoms with E-state index in [9.17, 15) is 0 Å². The molecule has 2 aromatic heterocycles. The molecule has 9 heteroatoms. The molecule has 1 aliphatic carbocycles. The molecular weight excluding hydrogens is 468 g/mol. The van der Waals surface area contributed by atoms with Crippen LogP contribution in [0.25, 0.3) is 10.9 Å². The fourth-order valence-corrected chi connectivity index (χ4v) is 6.18. The minimum absolute atomic E-state index is 0.176. The van der Waals surface area contributed by atoms with Crippen molar-refractivity contribution in [2.75, 3.05) is 27.9 Å². The third-order valence-electron chi connectivity index (χ3n) is 7.96. The molecule has 1 unspecified atom stereocenters. The Hall–Kier alpha value is -3.59. The van der Waals surface area contributed by atoms with Crippen molar-refractivity contribution in [3.05, 3.63) is 59.0 Å². The van der Waals surface area contributed by atoms with Gasteiger partial charge in [-0.1, -0.05) is 37.5 Å². The van der Waals surface area contributed by atoms with Gasteiger partial charge in [0.2, 0.25) is 5.75 Å². The van der Waals surface area contributed by atoms with E-state index in [1.807, 2.05) is 12.1 Å². The van der Waals surface area contributed by atoms with Gasteiger partial charge in [0.15, 0.2) is 17.3 Å². The number of hydrogen-bond acceptors (Lipinski definition) is 7. The third kappa shape index (κ3) is 4.21. The standard InChI is InChI=1S/C28H34N6O3/c1-35-24-15-18(16-25(36-2)27(24)37-3)26(28-30-31-32-34(28)19-9-5-4-6-10-19)33-14-13-21-20-11-7-8-12-22(20)29-23(21)17-33/h7-8,11-12,15-16,19,26,29H,4-6,9-10,13-14,17H2,1-3H3. The van der Waals surface area contributed by atoms with Crippen LogP contribution in [0.1, 0.15) is 66.8 Å². The van der Waals surface area contributed by atoms with Crippen LogP contribution in [-0.4, -0.2) is 58.0 Å². The van der Waals surface area contributed by atoms with E-state index >= 15 is 0 Å². The fourth-order valence-electron chi connectivity index (χ4n) is 6.18. The highest BCUT2D eigenvalue weighted by Gasteiger charge is 2.35. The number of rotatable bonds is 7. The van der Waals surface area contributed by atoms with Crippen LogP contribution in [0.4, 0.5) is 0 Å². The predicted octanol–water partition coefficient (Wildman–Crippen LogP) is 4.83. The molecule has 2 aliphatic rings. The molecule has 1 fully saturated rings. The van der Waals surface area contributed by atoms with Gasteiger partial charge >= 0.3 is 0 Å². The second kappa shape index (κ2) is 10.0. The van der Waals surface area contributed by atoms with Crippen LogP contribution in [0.5, 0.6) is 17.2 Å². The first-order chi connectivity index (χ1) is 18.2. The summed E-state index contributed by atoms with van der Waals surface area (Å²) in [4.78, 5) is 6.13. The van der Waals surface area contributed by atoms with Crippen molar-refractivity contribution in [2.45, 2.75) is 57.2 Å². The van der Waals surface area contributed by atoms with Crippen LogP contribution in [0.15, 0.2) is 36.4 Å². The molecule has 4 aromatic rings. The highest BCUT2D eigenvalue weighted by molar-refractivity contribution is 5.84. The summed E-state index contributed by atoms with van der Waals surface area (Å²) in [5, 5.41) is 14.6. The maximum atomic E-state index is 5.73. The lowest BCUT2D eigenvalue weighted by atomic mass is 9.94. The molecular formula is C28H34N6O3. The van der Waals surface area contributed by atoms with Gasteiger partial charge in [-0.2, -0.15) is 0 Å². The Kier molecular flexibility index (Phi) is 6.46. The molecule has 6 rings (SSSR count). The number of ether oxygens (including phenoxy) is 3. The highest BCUT2D eigenvalue weighted by atomic mass is 16.5. The summed E-state index contributed by atoms with van der Waals surface area (Å²) in [5.74, 6) is 2.69. The number of H-pyrrole nitrogens is 1. The smallest absolute Gasteiger partial charge is 0.203 e. The number of aromatic nitrogens is 5. The van der Waals surface area contributed by atoms with Crippen molar-refractivity contribution < 1.29 is 14.2 Å². The van der Waals surface area contributed by atoms with Crippen LogP contribution in [0.2, 0.25) is 0 Å². The Morgan fingerprint density at radius 1 is 0.973 bits per heavy atom. The normalized spacial score (nSPS) is 17.5. The average molecular weight is 503 g/mol. The monoisotopic (exact) mass is 502 g/mol. The second-order valence-electron chi connectivity index (χ2n) is 9.98. The summed E-state index contributed by atoms with van der Waals surface area (Å²) in [6.45, 7) is 1.65. The number of methoxy groups -OCH3 is 3. The first-order valence-corrected chi connectivity index (χ1v) is 13.1. The Bertz CT molecular complexity index is 1360. The predicted molar refractivity (Wildman–Crippen MR) is 140 cm³/mol. The van der Waals surface area contributed by atoms with Crippen molar-refractivity contribution in [1.29, 1.82) is 0 Å². The molecule has 0 radical (unpaired) electrons. The van der Waals surface area contributed by atoms with Gasteiger partial charge in [-0.05, 0) is 59.0 Å². The number of para-hydroxylation sites is 1. The number of aromatic amines is 1.